The van der Waals surface area contributed by atoms with Crippen molar-refractivity contribution in [1.82, 2.24) is 9.88 Å². The SMILES string of the molecule is c1ccc(C2CCN(Cc3ccncc3)C2)cc1. The van der Waals surface area contributed by atoms with Crippen LogP contribution in [-0.4, -0.2) is 23.0 Å². The maximum atomic E-state index is 4.06. The van der Waals surface area contributed by atoms with Crippen LogP contribution in [0.25, 0.3) is 0 Å². The molecular weight excluding hydrogens is 220 g/mol. The number of pyridine rings is 1. The maximum Gasteiger partial charge on any atom is 0.0271 e. The molecule has 18 heavy (non-hydrogen) atoms. The smallest absolute Gasteiger partial charge is 0.0271 e. The van der Waals surface area contributed by atoms with E-state index < -0.39 is 0 Å². The fraction of sp³-hybridized carbons (Fsp3) is 0.312. The summed E-state index contributed by atoms with van der Waals surface area (Å²) in [6.07, 6.45) is 5.02. The molecule has 1 fully saturated rings. The van der Waals surface area contributed by atoms with Crippen LogP contribution in [0.5, 0.6) is 0 Å². The van der Waals surface area contributed by atoms with Gasteiger partial charge in [-0.05, 0) is 42.1 Å². The highest BCUT2D eigenvalue weighted by Crippen LogP contribution is 2.27. The predicted octanol–water partition coefficient (Wildman–Crippen LogP) is 3.07. The van der Waals surface area contributed by atoms with Gasteiger partial charge in [0.1, 0.15) is 0 Å². The molecule has 0 bridgehead atoms. The first-order valence-corrected chi connectivity index (χ1v) is 6.58. The first kappa shape index (κ1) is 11.4. The third-order valence-electron chi connectivity index (χ3n) is 3.70. The summed E-state index contributed by atoms with van der Waals surface area (Å²) in [5, 5.41) is 0. The van der Waals surface area contributed by atoms with Gasteiger partial charge in [-0.1, -0.05) is 30.3 Å². The normalized spacial score (nSPS) is 20.1. The molecule has 0 aliphatic carbocycles. The molecule has 0 N–H and O–H groups in total. The van der Waals surface area contributed by atoms with E-state index in [1.54, 1.807) is 0 Å². The zero-order valence-electron chi connectivity index (χ0n) is 10.5. The van der Waals surface area contributed by atoms with Gasteiger partial charge in [0, 0.05) is 25.5 Å². The maximum absolute atomic E-state index is 4.06. The first-order chi connectivity index (χ1) is 8.92. The molecule has 0 amide bonds. The van der Waals surface area contributed by atoms with E-state index in [-0.39, 0.29) is 0 Å². The molecule has 2 heterocycles. The summed E-state index contributed by atoms with van der Waals surface area (Å²) in [5.41, 5.74) is 2.84. The van der Waals surface area contributed by atoms with Crippen molar-refractivity contribution in [1.29, 1.82) is 0 Å². The molecule has 1 aromatic carbocycles. The summed E-state index contributed by atoms with van der Waals surface area (Å²) in [6, 6.07) is 15.1. The Kier molecular flexibility index (Phi) is 3.37. The van der Waals surface area contributed by atoms with Crippen molar-refractivity contribution < 1.29 is 0 Å². The third-order valence-corrected chi connectivity index (χ3v) is 3.70. The lowest BCUT2D eigenvalue weighted by Crippen LogP contribution is -2.19. The summed E-state index contributed by atoms with van der Waals surface area (Å²) in [5.74, 6) is 0.702. The van der Waals surface area contributed by atoms with Gasteiger partial charge in [0.15, 0.2) is 0 Å². The van der Waals surface area contributed by atoms with E-state index in [4.69, 9.17) is 0 Å². The Morgan fingerprint density at radius 1 is 1.06 bits per heavy atom. The highest BCUT2D eigenvalue weighted by Gasteiger charge is 2.23. The number of benzene rings is 1. The summed E-state index contributed by atoms with van der Waals surface area (Å²) in [6.45, 7) is 3.42. The highest BCUT2D eigenvalue weighted by molar-refractivity contribution is 5.21. The molecule has 3 rings (SSSR count). The lowest BCUT2D eigenvalue weighted by molar-refractivity contribution is 0.327. The minimum absolute atomic E-state index is 0.702. The van der Waals surface area contributed by atoms with Crippen molar-refractivity contribution in [2.24, 2.45) is 0 Å². The van der Waals surface area contributed by atoms with Gasteiger partial charge in [-0.25, -0.2) is 0 Å². The zero-order chi connectivity index (χ0) is 12.2. The lowest BCUT2D eigenvalue weighted by Gasteiger charge is -2.16. The first-order valence-electron chi connectivity index (χ1n) is 6.58. The van der Waals surface area contributed by atoms with Crippen LogP contribution in [0.1, 0.15) is 23.5 Å². The van der Waals surface area contributed by atoms with Gasteiger partial charge in [0.05, 0.1) is 0 Å². The summed E-state index contributed by atoms with van der Waals surface area (Å²) in [7, 11) is 0. The van der Waals surface area contributed by atoms with Gasteiger partial charge in [-0.15, -0.1) is 0 Å². The zero-order valence-corrected chi connectivity index (χ0v) is 10.5. The fourth-order valence-corrected chi connectivity index (χ4v) is 2.72. The van der Waals surface area contributed by atoms with Crippen molar-refractivity contribution in [3.63, 3.8) is 0 Å². The Balaban J connectivity index is 1.62. The van der Waals surface area contributed by atoms with Gasteiger partial charge in [0.2, 0.25) is 0 Å². The van der Waals surface area contributed by atoms with E-state index in [2.05, 4.69) is 52.3 Å². The van der Waals surface area contributed by atoms with Gasteiger partial charge >= 0.3 is 0 Å². The van der Waals surface area contributed by atoms with Crippen LogP contribution in [0.2, 0.25) is 0 Å². The van der Waals surface area contributed by atoms with E-state index in [1.165, 1.54) is 30.6 Å². The molecule has 0 saturated carbocycles. The molecule has 2 heteroatoms. The minimum atomic E-state index is 0.702. The number of nitrogens with zero attached hydrogens (tertiary/aromatic N) is 2. The van der Waals surface area contributed by atoms with Crippen LogP contribution in [0.4, 0.5) is 0 Å². The topological polar surface area (TPSA) is 16.1 Å². The van der Waals surface area contributed by atoms with Crippen molar-refractivity contribution in [3.05, 3.63) is 66.0 Å². The van der Waals surface area contributed by atoms with E-state index in [0.717, 1.165) is 6.54 Å². The quantitative estimate of drug-likeness (QED) is 0.817. The van der Waals surface area contributed by atoms with Crippen LogP contribution in [0.15, 0.2) is 54.9 Å². The molecule has 1 aromatic heterocycles. The summed E-state index contributed by atoms with van der Waals surface area (Å²) >= 11 is 0. The molecule has 92 valence electrons. The second-order valence-electron chi connectivity index (χ2n) is 4.99. The van der Waals surface area contributed by atoms with Gasteiger partial charge < -0.3 is 0 Å². The third kappa shape index (κ3) is 2.59. The number of hydrogen-bond acceptors (Lipinski definition) is 2. The lowest BCUT2D eigenvalue weighted by atomic mass is 9.99. The molecular formula is C16H18N2. The van der Waals surface area contributed by atoms with Crippen LogP contribution in [0.3, 0.4) is 0 Å². The predicted molar refractivity (Wildman–Crippen MR) is 73.3 cm³/mol. The van der Waals surface area contributed by atoms with Crippen LogP contribution < -0.4 is 0 Å². The molecule has 1 atom stereocenters. The second-order valence-corrected chi connectivity index (χ2v) is 4.99. The largest absolute Gasteiger partial charge is 0.298 e. The Morgan fingerprint density at radius 3 is 2.61 bits per heavy atom. The molecule has 1 aliphatic heterocycles. The number of aromatic nitrogens is 1. The Bertz CT molecular complexity index is 481. The minimum Gasteiger partial charge on any atom is -0.298 e. The second kappa shape index (κ2) is 5.32. The number of likely N-dealkylation sites (tertiary alicyclic amines) is 1. The van der Waals surface area contributed by atoms with E-state index in [1.807, 2.05) is 12.4 Å². The molecule has 0 spiro atoms. The standard InChI is InChI=1S/C16H18N2/c1-2-4-15(5-3-1)16-8-11-18(13-16)12-14-6-9-17-10-7-14/h1-7,9-10,16H,8,11-13H2. The molecule has 2 aromatic rings. The van der Waals surface area contributed by atoms with Crippen molar-refractivity contribution in [2.75, 3.05) is 13.1 Å². The van der Waals surface area contributed by atoms with Crippen LogP contribution in [0, 0.1) is 0 Å². The average molecular weight is 238 g/mol. The van der Waals surface area contributed by atoms with E-state index >= 15 is 0 Å². The van der Waals surface area contributed by atoms with Gasteiger partial charge in [-0.2, -0.15) is 0 Å². The van der Waals surface area contributed by atoms with Crippen LogP contribution in [-0.2, 0) is 6.54 Å². The molecule has 0 radical (unpaired) electrons. The molecule has 1 saturated heterocycles. The summed E-state index contributed by atoms with van der Waals surface area (Å²) < 4.78 is 0. The van der Waals surface area contributed by atoms with Gasteiger partial charge in [0.25, 0.3) is 0 Å². The van der Waals surface area contributed by atoms with Crippen molar-refractivity contribution >= 4 is 0 Å². The Morgan fingerprint density at radius 2 is 1.83 bits per heavy atom. The Hall–Kier alpha value is -1.67. The molecule has 1 aliphatic rings. The van der Waals surface area contributed by atoms with E-state index in [0.29, 0.717) is 5.92 Å². The van der Waals surface area contributed by atoms with E-state index in [9.17, 15) is 0 Å². The number of rotatable bonds is 3. The number of hydrogen-bond donors (Lipinski definition) is 0. The molecule has 1 unspecified atom stereocenters. The van der Waals surface area contributed by atoms with Gasteiger partial charge in [-0.3, -0.25) is 9.88 Å². The van der Waals surface area contributed by atoms with Crippen molar-refractivity contribution in [2.45, 2.75) is 18.9 Å². The van der Waals surface area contributed by atoms with Crippen LogP contribution >= 0.6 is 0 Å². The monoisotopic (exact) mass is 238 g/mol. The Labute approximate surface area is 108 Å². The molecule has 2 nitrogen and oxygen atoms in total. The fourth-order valence-electron chi connectivity index (χ4n) is 2.72. The highest BCUT2D eigenvalue weighted by atomic mass is 15.1. The average Bonchev–Trinajstić information content (AvgIpc) is 2.89. The summed E-state index contributed by atoms with van der Waals surface area (Å²) in [4.78, 5) is 6.60. The van der Waals surface area contributed by atoms with Crippen molar-refractivity contribution in [3.8, 4) is 0 Å².